The molecule has 0 unspecified atom stereocenters. The fraction of sp³-hybridized carbons (Fsp3) is 0.273. The first-order valence-electron chi connectivity index (χ1n) is 9.59. The molecule has 4 rings (SSSR count). The van der Waals surface area contributed by atoms with Crippen molar-refractivity contribution < 1.29 is 23.0 Å². The minimum absolute atomic E-state index is 0.0372. The highest BCUT2D eigenvalue weighted by molar-refractivity contribution is 5.70. The first kappa shape index (κ1) is 20.0. The van der Waals surface area contributed by atoms with Gasteiger partial charge in [0.2, 0.25) is 0 Å². The van der Waals surface area contributed by atoms with Crippen molar-refractivity contribution in [3.63, 3.8) is 0 Å². The molecular weight excluding hydrogens is 392 g/mol. The predicted octanol–water partition coefficient (Wildman–Crippen LogP) is 4.58. The molecule has 0 spiro atoms. The maximum absolute atomic E-state index is 12.8. The lowest BCUT2D eigenvalue weighted by Gasteiger charge is -2.28. The third kappa shape index (κ3) is 5.01. The summed E-state index contributed by atoms with van der Waals surface area (Å²) in [4.78, 5) is 10.4. The van der Waals surface area contributed by atoms with Crippen molar-refractivity contribution in [3.8, 4) is 11.5 Å². The molecule has 3 aromatic rings. The molecule has 0 saturated carbocycles. The number of pyridine rings is 2. The Morgan fingerprint density at radius 3 is 2.60 bits per heavy atom. The maximum atomic E-state index is 12.8. The van der Waals surface area contributed by atoms with E-state index >= 15 is 0 Å². The highest BCUT2D eigenvalue weighted by atomic mass is 19.3. The van der Waals surface area contributed by atoms with E-state index in [0.29, 0.717) is 31.2 Å². The summed E-state index contributed by atoms with van der Waals surface area (Å²) < 4.78 is 41.7. The Kier molecular flexibility index (Phi) is 6.34. The van der Waals surface area contributed by atoms with E-state index in [2.05, 4.69) is 14.7 Å². The summed E-state index contributed by atoms with van der Waals surface area (Å²) in [5.41, 5.74) is 2.51. The molecule has 0 amide bonds. The Bertz CT molecular complexity index is 939. The smallest absolute Gasteiger partial charge is 0.387 e. The number of hydrogen-bond donors (Lipinski definition) is 0. The normalized spacial score (nSPS) is 15.9. The Balaban J connectivity index is 1.73. The molecule has 1 saturated heterocycles. The molecule has 1 aromatic carbocycles. The molecule has 0 bridgehead atoms. The van der Waals surface area contributed by atoms with Gasteiger partial charge in [-0.15, -0.1) is 0 Å². The van der Waals surface area contributed by atoms with Gasteiger partial charge in [-0.05, 0) is 35.9 Å². The molecule has 6 nitrogen and oxygen atoms in total. The van der Waals surface area contributed by atoms with Gasteiger partial charge in [0.1, 0.15) is 17.6 Å². The minimum atomic E-state index is -2.91. The fourth-order valence-electron chi connectivity index (χ4n) is 3.28. The Morgan fingerprint density at radius 2 is 1.93 bits per heavy atom. The molecule has 1 atom stereocenters. The van der Waals surface area contributed by atoms with Gasteiger partial charge in [0.25, 0.3) is 0 Å². The molecule has 30 heavy (non-hydrogen) atoms. The van der Waals surface area contributed by atoms with Crippen molar-refractivity contribution in [1.29, 1.82) is 0 Å². The van der Waals surface area contributed by atoms with Crippen molar-refractivity contribution in [3.05, 3.63) is 72.8 Å². The number of halogens is 2. The number of hydrogen-bond acceptors (Lipinski definition) is 6. The number of rotatable bonds is 8. The molecule has 0 radical (unpaired) electrons. The van der Waals surface area contributed by atoms with Crippen LogP contribution in [0.15, 0.2) is 67.3 Å². The summed E-state index contributed by atoms with van der Waals surface area (Å²) in [7, 11) is 0. The summed E-state index contributed by atoms with van der Waals surface area (Å²) in [5.74, 6) is 0.478. The van der Waals surface area contributed by atoms with Crippen LogP contribution in [0, 0.1) is 0 Å². The average Bonchev–Trinajstić information content (AvgIpc) is 3.27. The van der Waals surface area contributed by atoms with E-state index < -0.39 is 6.61 Å². The minimum Gasteiger partial charge on any atom is -0.486 e. The third-order valence-corrected chi connectivity index (χ3v) is 4.65. The molecule has 1 aliphatic heterocycles. The van der Waals surface area contributed by atoms with Crippen molar-refractivity contribution in [2.24, 2.45) is 0 Å². The monoisotopic (exact) mass is 413 g/mol. The molecule has 0 aliphatic carbocycles. The van der Waals surface area contributed by atoms with Gasteiger partial charge >= 0.3 is 6.61 Å². The van der Waals surface area contributed by atoms with E-state index in [0.717, 1.165) is 17.7 Å². The van der Waals surface area contributed by atoms with Gasteiger partial charge in [0.15, 0.2) is 0 Å². The van der Waals surface area contributed by atoms with Gasteiger partial charge in [-0.25, -0.2) is 0 Å². The second kappa shape index (κ2) is 9.49. The largest absolute Gasteiger partial charge is 0.486 e. The van der Waals surface area contributed by atoms with Crippen molar-refractivity contribution in [2.75, 3.05) is 18.1 Å². The van der Waals surface area contributed by atoms with Crippen LogP contribution in [0.5, 0.6) is 11.5 Å². The topological polar surface area (TPSA) is 56.7 Å². The fourth-order valence-corrected chi connectivity index (χ4v) is 3.28. The first-order valence-corrected chi connectivity index (χ1v) is 9.59. The Hall–Kier alpha value is -3.26. The van der Waals surface area contributed by atoms with Crippen LogP contribution in [0.25, 0.3) is 0 Å². The number of alkyl halides is 2. The van der Waals surface area contributed by atoms with Gasteiger partial charge in [-0.3, -0.25) is 9.97 Å². The highest BCUT2D eigenvalue weighted by Crippen LogP contribution is 2.39. The SMILES string of the molecule is FC(F)Oc1ccc(N(Cc2cccnc2)c2cccnc2)c(O[C@@H]2CCOC2)c1. The van der Waals surface area contributed by atoms with Crippen molar-refractivity contribution in [1.82, 2.24) is 9.97 Å². The summed E-state index contributed by atoms with van der Waals surface area (Å²) >= 11 is 0. The second-order valence-electron chi connectivity index (χ2n) is 6.77. The number of benzene rings is 1. The van der Waals surface area contributed by atoms with E-state index in [1.54, 1.807) is 30.9 Å². The first-order chi connectivity index (χ1) is 14.7. The van der Waals surface area contributed by atoms with Crippen LogP contribution < -0.4 is 14.4 Å². The number of aromatic nitrogens is 2. The van der Waals surface area contributed by atoms with Crippen LogP contribution in [0.2, 0.25) is 0 Å². The van der Waals surface area contributed by atoms with Crippen LogP contribution in [0.3, 0.4) is 0 Å². The zero-order valence-electron chi connectivity index (χ0n) is 16.2. The summed E-state index contributed by atoms with van der Waals surface area (Å²) in [6.07, 6.45) is 7.50. The molecule has 1 aliphatic rings. The zero-order chi connectivity index (χ0) is 20.8. The molecule has 0 N–H and O–H groups in total. The average molecular weight is 413 g/mol. The molecule has 3 heterocycles. The quantitative estimate of drug-likeness (QED) is 0.539. The molecule has 156 valence electrons. The van der Waals surface area contributed by atoms with E-state index in [-0.39, 0.29) is 11.9 Å². The summed E-state index contributed by atoms with van der Waals surface area (Å²) in [5, 5.41) is 0. The molecule has 8 heteroatoms. The van der Waals surface area contributed by atoms with Crippen molar-refractivity contribution in [2.45, 2.75) is 25.7 Å². The van der Waals surface area contributed by atoms with Crippen LogP contribution in [0.1, 0.15) is 12.0 Å². The van der Waals surface area contributed by atoms with Gasteiger partial charge < -0.3 is 19.1 Å². The Morgan fingerprint density at radius 1 is 1.10 bits per heavy atom. The van der Waals surface area contributed by atoms with Gasteiger partial charge in [-0.2, -0.15) is 8.78 Å². The van der Waals surface area contributed by atoms with Gasteiger partial charge in [0.05, 0.1) is 30.8 Å². The Labute approximate surface area is 173 Å². The van der Waals surface area contributed by atoms with E-state index in [1.165, 1.54) is 12.1 Å². The number of nitrogens with zero attached hydrogens (tertiary/aromatic N) is 3. The van der Waals surface area contributed by atoms with Crippen LogP contribution in [0.4, 0.5) is 20.2 Å². The highest BCUT2D eigenvalue weighted by Gasteiger charge is 2.23. The standard InChI is InChI=1S/C22H21F2N3O3/c23-22(24)30-18-5-6-20(21(11-18)29-19-7-10-28-15-19)27(17-4-2-9-26-13-17)14-16-3-1-8-25-12-16/h1-6,8-9,11-13,19,22H,7,10,14-15H2/t19-/m1/s1. The molecular formula is C22H21F2N3O3. The van der Waals surface area contributed by atoms with Crippen LogP contribution in [-0.4, -0.2) is 35.9 Å². The number of anilines is 2. The lowest BCUT2D eigenvalue weighted by molar-refractivity contribution is -0.0499. The van der Waals surface area contributed by atoms with Crippen LogP contribution in [-0.2, 0) is 11.3 Å². The van der Waals surface area contributed by atoms with E-state index in [1.807, 2.05) is 29.2 Å². The predicted molar refractivity (Wildman–Crippen MR) is 107 cm³/mol. The lowest BCUT2D eigenvalue weighted by Crippen LogP contribution is -2.21. The second-order valence-corrected chi connectivity index (χ2v) is 6.77. The third-order valence-electron chi connectivity index (χ3n) is 4.65. The summed E-state index contributed by atoms with van der Waals surface area (Å²) in [6, 6.07) is 12.3. The summed E-state index contributed by atoms with van der Waals surface area (Å²) in [6.45, 7) is -1.36. The van der Waals surface area contributed by atoms with Gasteiger partial charge in [-0.1, -0.05) is 6.07 Å². The number of ether oxygens (including phenoxy) is 3. The molecule has 2 aromatic heterocycles. The van der Waals surface area contributed by atoms with E-state index in [9.17, 15) is 8.78 Å². The van der Waals surface area contributed by atoms with Crippen molar-refractivity contribution >= 4 is 11.4 Å². The molecule has 1 fully saturated rings. The maximum Gasteiger partial charge on any atom is 0.387 e. The zero-order valence-corrected chi connectivity index (χ0v) is 16.2. The van der Waals surface area contributed by atoms with Gasteiger partial charge in [0, 0.05) is 37.6 Å². The lowest BCUT2D eigenvalue weighted by atomic mass is 10.2. The van der Waals surface area contributed by atoms with Crippen LogP contribution >= 0.6 is 0 Å². The van der Waals surface area contributed by atoms with E-state index in [4.69, 9.17) is 9.47 Å².